The third-order valence-corrected chi connectivity index (χ3v) is 19.7. The quantitative estimate of drug-likeness (QED) is 0.0164. The number of aliphatic hydroxyl groups excluding tert-OH is 1. The zero-order chi connectivity index (χ0) is 95.8. The van der Waals surface area contributed by atoms with Crippen LogP contribution in [0.5, 0.6) is 5.75 Å². The number of hydrogen-bond acceptors (Lipinski definition) is 25. The molecule has 32 N–H and O–H groups in total. The summed E-state index contributed by atoms with van der Waals surface area (Å²) in [7, 11) is 0. The zero-order valence-electron chi connectivity index (χ0n) is 73.3. The number of phenols is 1. The van der Waals surface area contributed by atoms with Crippen LogP contribution in [0, 0.1) is 29.6 Å². The fourth-order valence-corrected chi connectivity index (χ4v) is 12.5. The molecule has 0 bridgehead atoms. The fourth-order valence-electron chi connectivity index (χ4n) is 12.5. The van der Waals surface area contributed by atoms with Gasteiger partial charge in [0.05, 0.1) is 25.6 Å². The number of rotatable bonds is 64. The van der Waals surface area contributed by atoms with E-state index in [0.29, 0.717) is 31.2 Å². The van der Waals surface area contributed by atoms with Crippen LogP contribution in [0.3, 0.4) is 0 Å². The van der Waals surface area contributed by atoms with Crippen molar-refractivity contribution in [2.24, 2.45) is 69.0 Å². The van der Waals surface area contributed by atoms with Crippen molar-refractivity contribution in [1.29, 1.82) is 0 Å². The smallest absolute Gasteiger partial charge is 0.326 e. The molecule has 710 valence electrons. The second-order valence-electron chi connectivity index (χ2n) is 32.4. The lowest BCUT2D eigenvalue weighted by molar-refractivity contribution is -0.142. The van der Waals surface area contributed by atoms with Crippen LogP contribution >= 0.6 is 0 Å². The third-order valence-electron chi connectivity index (χ3n) is 19.7. The number of aliphatic carboxylic acids is 4. The largest absolute Gasteiger partial charge is 0.508 e. The van der Waals surface area contributed by atoms with Gasteiger partial charge >= 0.3 is 23.9 Å². The van der Waals surface area contributed by atoms with Gasteiger partial charge in [0.15, 0.2) is 5.96 Å². The molecule has 1 aromatic rings. The van der Waals surface area contributed by atoms with Crippen LogP contribution in [-0.4, -0.2) is 266 Å². The van der Waals surface area contributed by atoms with Gasteiger partial charge in [-0.3, -0.25) is 91.3 Å². The molecule has 0 spiro atoms. The molecule has 1 rings (SSSR count). The number of unbranched alkanes of at least 4 members (excludes halogenated alkanes) is 2. The van der Waals surface area contributed by atoms with Crippen LogP contribution < -0.4 is 109 Å². The molecule has 0 aliphatic carbocycles. The molecule has 46 nitrogen and oxygen atoms in total. The molecule has 126 heavy (non-hydrogen) atoms. The number of benzene rings is 1. The highest BCUT2D eigenvalue weighted by Gasteiger charge is 2.40. The number of aromatic hydroxyl groups is 1. The predicted octanol–water partition coefficient (Wildman–Crippen LogP) is -5.62. The highest BCUT2D eigenvalue weighted by Crippen LogP contribution is 2.18. The number of nitrogens with two attached hydrogens (primary N) is 6. The average molecular weight is 1790 g/mol. The van der Waals surface area contributed by atoms with Crippen LogP contribution in [0.15, 0.2) is 29.3 Å². The van der Waals surface area contributed by atoms with E-state index in [2.05, 4.69) is 79.4 Å². The highest BCUT2D eigenvalue weighted by atomic mass is 16.4. The number of aliphatic imine (C=N–C) groups is 1. The Kier molecular flexibility index (Phi) is 52.5. The lowest BCUT2D eigenvalue weighted by atomic mass is 9.97. The number of carbonyl (C=O) groups excluding carboxylic acids is 15. The molecule has 0 radical (unpaired) electrons. The molecule has 15 atom stereocenters. The third kappa shape index (κ3) is 45.1. The zero-order valence-corrected chi connectivity index (χ0v) is 73.3. The monoisotopic (exact) mass is 1790 g/mol. The Morgan fingerprint density at radius 3 is 1.12 bits per heavy atom. The van der Waals surface area contributed by atoms with Gasteiger partial charge in [0, 0.05) is 32.2 Å². The number of carboxylic acids is 4. The molecule has 0 fully saturated rings. The predicted molar refractivity (Wildman–Crippen MR) is 455 cm³/mol. The standard InChI is InChI=1S/C80H135N21O25/c1-11-44(10)64(84)77(123)101-65(43(8)9)78(124)94-51(26-29-62(108)109)71(117)97-55(35-42(6)7)74(120)98-54(34-41(4)5)72(118)91-47(17-12-14-30-81)68(114)99-56(36-45-20-22-46(103)23-21-45)75(121)100-58(39-102)66(112)88-38-60(105)89-57(37-63(110)111)76(122)92-49(24-27-59(83)104)70(116)96-53(33-40(2)3)73(119)93-50(25-28-61(106)107)69(115)90-48(19-16-32-87-80(85)86)67(113)95-52(79(125)126)18-13-15-31-82/h20-23,40-44,47-58,64-65,102-103H,11-19,24-39,81-82,84H2,1-10H3,(H2,83,104)(H,88,112)(H,89,105)(H,90,115)(H,91,118)(H,92,122)(H,93,119)(H,94,124)(H,95,113)(H,96,116)(H,97,117)(H,98,120)(H,99,114)(H,100,121)(H,101,123)(H,106,107)(H,108,109)(H,110,111)(H,125,126)(H4,85,86,87)/t44-,47-,48-,49-,50-,51-,52-,53-,54-,55-,56-,57-,58-,64-,65-/m0/s1. The molecule has 46 heteroatoms. The summed E-state index contributed by atoms with van der Waals surface area (Å²) in [5.74, 6) is -24.3. The molecule has 0 heterocycles. The molecule has 0 aliphatic heterocycles. The van der Waals surface area contributed by atoms with Crippen molar-refractivity contribution in [3.05, 3.63) is 29.8 Å². The van der Waals surface area contributed by atoms with Crippen LogP contribution in [0.25, 0.3) is 0 Å². The topological polar surface area (TPSA) is 783 Å². The SMILES string of the molecule is CC[C@H](C)[C@H](N)C(=O)N[C@H](C(=O)N[C@@H](CCC(=O)O)C(=O)N[C@@H](CC(C)C)C(=O)N[C@@H](CC(C)C)C(=O)N[C@@H](CCCCN)C(=O)N[C@@H](Cc1ccc(O)cc1)C(=O)N[C@@H](CO)C(=O)NCC(=O)N[C@@H](CC(=O)O)C(=O)N[C@@H](CCC(N)=O)C(=O)N[C@@H](CC(C)C)C(=O)N[C@@H](CCC(=O)O)C(=O)N[C@@H](CCCN=C(N)N)C(=O)N[C@@H](CCCCN)C(=O)O)C(C)C. The Labute approximate surface area is 731 Å². The van der Waals surface area contributed by atoms with Crippen LogP contribution in [0.1, 0.15) is 197 Å². The average Bonchev–Trinajstić information content (AvgIpc) is 0.849. The van der Waals surface area contributed by atoms with Crippen LogP contribution in [0.2, 0.25) is 0 Å². The van der Waals surface area contributed by atoms with Crippen molar-refractivity contribution in [3.8, 4) is 5.75 Å². The number of hydrogen-bond donors (Lipinski definition) is 26. The van der Waals surface area contributed by atoms with E-state index >= 15 is 0 Å². The number of aliphatic hydroxyl groups is 1. The summed E-state index contributed by atoms with van der Waals surface area (Å²) in [5.41, 5.74) is 34.1. The normalized spacial score (nSPS) is 14.8. The van der Waals surface area contributed by atoms with Gasteiger partial charge in [0.25, 0.3) is 0 Å². The summed E-state index contributed by atoms with van der Waals surface area (Å²) in [6.45, 7) is 14.9. The minimum Gasteiger partial charge on any atom is -0.508 e. The number of carbonyl (C=O) groups is 19. The summed E-state index contributed by atoms with van der Waals surface area (Å²) in [4.78, 5) is 262. The minimum atomic E-state index is -2.11. The molecule has 0 aliphatic rings. The van der Waals surface area contributed by atoms with Crippen LogP contribution in [-0.2, 0) is 97.5 Å². The molecular formula is C80H135N21O25. The summed E-state index contributed by atoms with van der Waals surface area (Å²) >= 11 is 0. The Balaban J connectivity index is 3.68. The van der Waals surface area contributed by atoms with Gasteiger partial charge < -0.3 is 139 Å². The summed E-state index contributed by atoms with van der Waals surface area (Å²) < 4.78 is 0. The Bertz CT molecular complexity index is 3830. The van der Waals surface area contributed by atoms with E-state index in [4.69, 9.17) is 34.4 Å². The van der Waals surface area contributed by atoms with Crippen molar-refractivity contribution in [2.45, 2.75) is 282 Å². The minimum absolute atomic E-state index is 0.0259. The molecule has 0 saturated heterocycles. The van der Waals surface area contributed by atoms with Gasteiger partial charge in [0.1, 0.15) is 84.3 Å². The van der Waals surface area contributed by atoms with Crippen LogP contribution in [0.4, 0.5) is 0 Å². The van der Waals surface area contributed by atoms with Gasteiger partial charge in [-0.05, 0) is 150 Å². The number of phenolic OH excluding ortho intramolecular Hbond substituents is 1. The first-order chi connectivity index (χ1) is 59.1. The number of nitrogens with one attached hydrogen (secondary N) is 14. The van der Waals surface area contributed by atoms with Gasteiger partial charge in [-0.1, -0.05) is 87.8 Å². The molecule has 1 aromatic carbocycles. The van der Waals surface area contributed by atoms with E-state index in [1.165, 1.54) is 24.3 Å². The van der Waals surface area contributed by atoms with E-state index in [0.717, 1.165) is 0 Å². The summed E-state index contributed by atoms with van der Waals surface area (Å²) in [6.07, 6.45) is -4.39. The van der Waals surface area contributed by atoms with E-state index in [1.54, 1.807) is 62.3 Å². The Morgan fingerprint density at radius 1 is 0.389 bits per heavy atom. The first-order valence-electron chi connectivity index (χ1n) is 42.1. The Morgan fingerprint density at radius 2 is 0.746 bits per heavy atom. The molecule has 15 amide bonds. The van der Waals surface area contributed by atoms with Crippen molar-refractivity contribution in [3.63, 3.8) is 0 Å². The van der Waals surface area contributed by atoms with E-state index in [9.17, 15) is 122 Å². The van der Waals surface area contributed by atoms with Gasteiger partial charge in [-0.2, -0.15) is 0 Å². The maximum absolute atomic E-state index is 14.7. The second-order valence-corrected chi connectivity index (χ2v) is 32.4. The van der Waals surface area contributed by atoms with Crippen molar-refractivity contribution in [1.82, 2.24) is 74.4 Å². The number of nitrogens with zero attached hydrogens (tertiary/aromatic N) is 1. The van der Waals surface area contributed by atoms with Crippen molar-refractivity contribution < 1.29 is 122 Å². The number of amides is 15. The van der Waals surface area contributed by atoms with Gasteiger partial charge in [0.2, 0.25) is 88.6 Å². The second kappa shape index (κ2) is 59.0. The maximum Gasteiger partial charge on any atom is 0.326 e. The van der Waals surface area contributed by atoms with Gasteiger partial charge in [-0.15, -0.1) is 0 Å². The number of guanidine groups is 1. The van der Waals surface area contributed by atoms with E-state index in [1.807, 2.05) is 6.92 Å². The first kappa shape index (κ1) is 112. The lowest BCUT2D eigenvalue weighted by Crippen LogP contribution is -2.61. The van der Waals surface area contributed by atoms with Gasteiger partial charge in [-0.25, -0.2) is 4.79 Å². The lowest BCUT2D eigenvalue weighted by Gasteiger charge is -2.29. The fraction of sp³-hybridized carbons (Fsp3) is 0.675. The van der Waals surface area contributed by atoms with E-state index in [-0.39, 0.29) is 100 Å². The van der Waals surface area contributed by atoms with Crippen molar-refractivity contribution in [2.75, 3.05) is 32.8 Å². The number of carboxylic acid groups (broad SMARTS) is 4. The van der Waals surface area contributed by atoms with Crippen molar-refractivity contribution >= 4 is 118 Å². The number of primary amides is 1. The van der Waals surface area contributed by atoms with E-state index < -0.39 is 273 Å². The first-order valence-corrected chi connectivity index (χ1v) is 42.1. The summed E-state index contributed by atoms with van der Waals surface area (Å²) in [6, 6.07) is -17.0. The Hall–Kier alpha value is -11.9. The molecule has 0 saturated carbocycles. The molecule has 0 unspecified atom stereocenters. The molecular weight excluding hydrogens is 1660 g/mol. The summed E-state index contributed by atoms with van der Waals surface area (Å²) in [5, 5.41) is 93.7. The maximum atomic E-state index is 14.7. The highest BCUT2D eigenvalue weighted by molar-refractivity contribution is 6.01. The molecule has 0 aromatic heterocycles.